The molecule has 0 bridgehead atoms. The molecule has 7 heteroatoms. The summed E-state index contributed by atoms with van der Waals surface area (Å²) in [6, 6.07) is 0. The van der Waals surface area contributed by atoms with E-state index in [1.807, 2.05) is 25.7 Å². The van der Waals surface area contributed by atoms with Crippen LogP contribution in [0.15, 0.2) is 0 Å². The van der Waals surface area contributed by atoms with E-state index in [0.29, 0.717) is 32.7 Å². The zero-order chi connectivity index (χ0) is 16.3. The summed E-state index contributed by atoms with van der Waals surface area (Å²) in [5.41, 5.74) is 3.60. The second-order valence-electron chi connectivity index (χ2n) is 6.87. The predicted molar refractivity (Wildman–Crippen MR) is 77.5 cm³/mol. The van der Waals surface area contributed by atoms with E-state index in [4.69, 9.17) is 10.5 Å². The van der Waals surface area contributed by atoms with E-state index >= 15 is 0 Å². The summed E-state index contributed by atoms with van der Waals surface area (Å²) in [6.07, 6.45) is -2.61. The molecule has 0 radical (unpaired) electrons. The van der Waals surface area contributed by atoms with Crippen LogP contribution in [-0.2, 0) is 4.74 Å². The number of halogens is 2. The summed E-state index contributed by atoms with van der Waals surface area (Å²) in [7, 11) is 0. The molecular weight excluding hydrogens is 280 g/mol. The minimum absolute atomic E-state index is 0.233. The minimum Gasteiger partial charge on any atom is -0.444 e. The molecule has 0 aromatic heterocycles. The standard InChI is InChI=1S/C14H27F2N3O2/c1-13(2,3)21-12(20)19-9-7-18(8-10-19)6-5-14(4,17)11(15)16/h11H,5-10,17H2,1-4H3. The molecule has 0 aromatic rings. The Bertz CT molecular complexity index is 349. The van der Waals surface area contributed by atoms with Gasteiger partial charge in [-0.25, -0.2) is 13.6 Å². The Kier molecular flexibility index (Phi) is 5.92. The largest absolute Gasteiger partial charge is 0.444 e. The SMILES string of the molecule is CC(C)(C)OC(=O)N1CCN(CCC(C)(N)C(F)F)CC1. The van der Waals surface area contributed by atoms with Crippen LogP contribution in [0, 0.1) is 0 Å². The predicted octanol–water partition coefficient (Wildman–Crippen LogP) is 1.91. The van der Waals surface area contributed by atoms with Crippen molar-refractivity contribution in [1.29, 1.82) is 0 Å². The van der Waals surface area contributed by atoms with Crippen LogP contribution in [0.3, 0.4) is 0 Å². The van der Waals surface area contributed by atoms with Crippen molar-refractivity contribution in [1.82, 2.24) is 9.80 Å². The van der Waals surface area contributed by atoms with Crippen LogP contribution >= 0.6 is 0 Å². The zero-order valence-electron chi connectivity index (χ0n) is 13.4. The molecule has 1 aliphatic heterocycles. The van der Waals surface area contributed by atoms with Crippen molar-refractivity contribution >= 4 is 6.09 Å². The molecule has 1 rings (SSSR count). The van der Waals surface area contributed by atoms with Gasteiger partial charge in [-0.2, -0.15) is 0 Å². The van der Waals surface area contributed by atoms with Gasteiger partial charge in [-0.1, -0.05) is 0 Å². The van der Waals surface area contributed by atoms with Gasteiger partial charge in [-0.15, -0.1) is 0 Å². The highest BCUT2D eigenvalue weighted by molar-refractivity contribution is 5.68. The Labute approximate surface area is 125 Å². The molecule has 1 atom stereocenters. The van der Waals surface area contributed by atoms with E-state index in [2.05, 4.69) is 0 Å². The van der Waals surface area contributed by atoms with Crippen LogP contribution in [0.5, 0.6) is 0 Å². The van der Waals surface area contributed by atoms with Gasteiger partial charge in [0.1, 0.15) is 5.60 Å². The molecular formula is C14H27F2N3O2. The maximum absolute atomic E-state index is 12.7. The summed E-state index contributed by atoms with van der Waals surface area (Å²) in [6.45, 7) is 9.76. The van der Waals surface area contributed by atoms with Gasteiger partial charge in [0.25, 0.3) is 6.43 Å². The first-order chi connectivity index (χ1) is 9.51. The quantitative estimate of drug-likeness (QED) is 0.862. The fourth-order valence-electron chi connectivity index (χ4n) is 1.99. The van der Waals surface area contributed by atoms with Crippen LogP contribution in [0.1, 0.15) is 34.1 Å². The molecule has 1 saturated heterocycles. The number of carbonyl (C=O) groups excluding carboxylic acids is 1. The van der Waals surface area contributed by atoms with Crippen LogP contribution in [0.4, 0.5) is 13.6 Å². The summed E-state index contributed by atoms with van der Waals surface area (Å²) in [4.78, 5) is 15.6. The van der Waals surface area contributed by atoms with Crippen LogP contribution in [-0.4, -0.2) is 66.2 Å². The number of rotatable bonds is 4. The molecule has 0 aromatic carbocycles. The third kappa shape index (κ3) is 6.13. The molecule has 2 N–H and O–H groups in total. The first-order valence-corrected chi connectivity index (χ1v) is 7.28. The average Bonchev–Trinajstić information content (AvgIpc) is 2.35. The van der Waals surface area contributed by atoms with Gasteiger partial charge in [0.05, 0.1) is 5.54 Å². The summed E-state index contributed by atoms with van der Waals surface area (Å²) in [5.74, 6) is 0. The van der Waals surface area contributed by atoms with E-state index in [1.165, 1.54) is 6.92 Å². The van der Waals surface area contributed by atoms with Gasteiger partial charge in [-0.05, 0) is 34.1 Å². The first kappa shape index (κ1) is 18.1. The number of nitrogens with zero attached hydrogens (tertiary/aromatic N) is 2. The molecule has 5 nitrogen and oxygen atoms in total. The number of ether oxygens (including phenoxy) is 1. The molecule has 0 saturated carbocycles. The van der Waals surface area contributed by atoms with Gasteiger partial charge in [0, 0.05) is 32.7 Å². The highest BCUT2D eigenvalue weighted by atomic mass is 19.3. The fraction of sp³-hybridized carbons (Fsp3) is 0.929. The number of hydrogen-bond donors (Lipinski definition) is 1. The van der Waals surface area contributed by atoms with Crippen molar-refractivity contribution in [2.45, 2.75) is 51.7 Å². The maximum atomic E-state index is 12.7. The Morgan fingerprint density at radius 2 is 1.71 bits per heavy atom. The zero-order valence-corrected chi connectivity index (χ0v) is 13.4. The van der Waals surface area contributed by atoms with Gasteiger partial charge >= 0.3 is 6.09 Å². The fourth-order valence-corrected chi connectivity index (χ4v) is 1.99. The van der Waals surface area contributed by atoms with E-state index in [1.54, 1.807) is 4.90 Å². The molecule has 1 heterocycles. The van der Waals surface area contributed by atoms with Gasteiger partial charge in [0.15, 0.2) is 0 Å². The molecule has 124 valence electrons. The summed E-state index contributed by atoms with van der Waals surface area (Å²) >= 11 is 0. The van der Waals surface area contributed by atoms with E-state index in [9.17, 15) is 13.6 Å². The van der Waals surface area contributed by atoms with E-state index < -0.39 is 17.6 Å². The number of piperazine rings is 1. The molecule has 1 unspecified atom stereocenters. The Balaban J connectivity index is 2.34. The van der Waals surface area contributed by atoms with Crippen LogP contribution < -0.4 is 5.73 Å². The lowest BCUT2D eigenvalue weighted by Gasteiger charge is -2.36. The lowest BCUT2D eigenvalue weighted by Crippen LogP contribution is -2.52. The van der Waals surface area contributed by atoms with Crippen molar-refractivity contribution in [3.63, 3.8) is 0 Å². The van der Waals surface area contributed by atoms with Crippen molar-refractivity contribution < 1.29 is 18.3 Å². The monoisotopic (exact) mass is 307 g/mol. The normalized spacial score (nSPS) is 20.5. The maximum Gasteiger partial charge on any atom is 0.410 e. The highest BCUT2D eigenvalue weighted by Crippen LogP contribution is 2.18. The average molecular weight is 307 g/mol. The van der Waals surface area contributed by atoms with Crippen molar-refractivity contribution in [3.05, 3.63) is 0 Å². The number of hydrogen-bond acceptors (Lipinski definition) is 4. The second kappa shape index (κ2) is 6.87. The highest BCUT2D eigenvalue weighted by Gasteiger charge is 2.31. The molecule has 21 heavy (non-hydrogen) atoms. The molecule has 1 aliphatic rings. The number of nitrogens with two attached hydrogens (primary N) is 1. The topological polar surface area (TPSA) is 58.8 Å². The first-order valence-electron chi connectivity index (χ1n) is 7.28. The molecule has 0 aliphatic carbocycles. The third-order valence-corrected chi connectivity index (χ3v) is 3.49. The van der Waals surface area contributed by atoms with E-state index in [0.717, 1.165) is 0 Å². The molecule has 0 spiro atoms. The van der Waals surface area contributed by atoms with Crippen molar-refractivity contribution in [3.8, 4) is 0 Å². The Hall–Kier alpha value is -0.950. The smallest absolute Gasteiger partial charge is 0.410 e. The van der Waals surface area contributed by atoms with Gasteiger partial charge < -0.3 is 15.4 Å². The lowest BCUT2D eigenvalue weighted by molar-refractivity contribution is 0.0118. The minimum atomic E-state index is -2.53. The summed E-state index contributed by atoms with van der Waals surface area (Å²) < 4.78 is 30.7. The second-order valence-corrected chi connectivity index (χ2v) is 6.87. The van der Waals surface area contributed by atoms with Gasteiger partial charge in [0.2, 0.25) is 0 Å². The number of amides is 1. The van der Waals surface area contributed by atoms with E-state index in [-0.39, 0.29) is 12.5 Å². The van der Waals surface area contributed by atoms with Crippen molar-refractivity contribution in [2.75, 3.05) is 32.7 Å². The Morgan fingerprint density at radius 3 is 2.14 bits per heavy atom. The lowest BCUT2D eigenvalue weighted by atomic mass is 10.00. The molecule has 1 amide bonds. The summed E-state index contributed by atoms with van der Waals surface area (Å²) in [5, 5.41) is 0. The van der Waals surface area contributed by atoms with Crippen LogP contribution in [0.25, 0.3) is 0 Å². The third-order valence-electron chi connectivity index (χ3n) is 3.49. The number of alkyl halides is 2. The Morgan fingerprint density at radius 1 is 1.19 bits per heavy atom. The van der Waals surface area contributed by atoms with Gasteiger partial charge in [-0.3, -0.25) is 4.90 Å². The van der Waals surface area contributed by atoms with Crippen molar-refractivity contribution in [2.24, 2.45) is 5.73 Å². The number of carbonyl (C=O) groups is 1. The van der Waals surface area contributed by atoms with Crippen LogP contribution in [0.2, 0.25) is 0 Å². The molecule has 1 fully saturated rings.